The van der Waals surface area contributed by atoms with E-state index in [0.29, 0.717) is 11.6 Å². The Bertz CT molecular complexity index is 301. The van der Waals surface area contributed by atoms with Crippen molar-refractivity contribution in [1.82, 2.24) is 4.98 Å². The van der Waals surface area contributed by atoms with Gasteiger partial charge in [-0.25, -0.2) is 0 Å². The highest BCUT2D eigenvalue weighted by Crippen LogP contribution is 2.13. The molecule has 0 saturated carbocycles. The van der Waals surface area contributed by atoms with Crippen LogP contribution in [0.4, 0.5) is 0 Å². The number of pyridine rings is 1. The van der Waals surface area contributed by atoms with Crippen LogP contribution >= 0.6 is 11.6 Å². The predicted molar refractivity (Wildman–Crippen MR) is 49.6 cm³/mol. The minimum atomic E-state index is -0.268. The molecule has 0 unspecified atom stereocenters. The molecule has 1 aromatic heterocycles. The molecular formula is C9H10ClNO2. The monoisotopic (exact) mass is 199 g/mol. The molecule has 0 atom stereocenters. The molecule has 3 nitrogen and oxygen atoms in total. The number of carbonyl (C=O) groups is 1. The van der Waals surface area contributed by atoms with Gasteiger partial charge in [0.2, 0.25) is 0 Å². The van der Waals surface area contributed by atoms with Gasteiger partial charge in [-0.15, -0.1) is 0 Å². The normalized spacial score (nSPS) is 9.69. The maximum atomic E-state index is 11.1. The molecule has 1 aromatic rings. The van der Waals surface area contributed by atoms with Crippen molar-refractivity contribution in [3.63, 3.8) is 0 Å². The highest BCUT2D eigenvalue weighted by Gasteiger charge is 2.06. The molecule has 0 aliphatic heterocycles. The van der Waals surface area contributed by atoms with Crippen molar-refractivity contribution >= 4 is 17.6 Å². The van der Waals surface area contributed by atoms with Gasteiger partial charge in [-0.2, -0.15) is 0 Å². The Morgan fingerprint density at radius 3 is 3.08 bits per heavy atom. The number of carbonyl (C=O) groups excluding carboxylic acids is 1. The molecule has 0 N–H and O–H groups in total. The van der Waals surface area contributed by atoms with Crippen molar-refractivity contribution < 1.29 is 9.53 Å². The maximum absolute atomic E-state index is 11.1. The smallest absolute Gasteiger partial charge is 0.310 e. The van der Waals surface area contributed by atoms with Crippen LogP contribution in [0.2, 0.25) is 5.02 Å². The summed E-state index contributed by atoms with van der Waals surface area (Å²) in [4.78, 5) is 14.9. The molecule has 4 heteroatoms. The Morgan fingerprint density at radius 2 is 2.46 bits per heavy atom. The van der Waals surface area contributed by atoms with Crippen LogP contribution in [0.3, 0.4) is 0 Å². The molecule has 70 valence electrons. The standard InChI is InChI=1S/C9H10ClNO2/c1-2-13-9(12)5-7-3-4-11-6-8(7)10/h3-4,6H,2,5H2,1H3. The molecule has 1 heterocycles. The van der Waals surface area contributed by atoms with E-state index < -0.39 is 0 Å². The van der Waals surface area contributed by atoms with Gasteiger partial charge in [0.05, 0.1) is 18.1 Å². The number of nitrogens with zero attached hydrogens (tertiary/aromatic N) is 1. The summed E-state index contributed by atoms with van der Waals surface area (Å²) in [6, 6.07) is 1.71. The topological polar surface area (TPSA) is 39.2 Å². The largest absolute Gasteiger partial charge is 0.466 e. The van der Waals surface area contributed by atoms with Crippen molar-refractivity contribution in [1.29, 1.82) is 0 Å². The van der Waals surface area contributed by atoms with Gasteiger partial charge in [-0.05, 0) is 18.6 Å². The summed E-state index contributed by atoms with van der Waals surface area (Å²) < 4.78 is 4.78. The lowest BCUT2D eigenvalue weighted by atomic mass is 10.2. The van der Waals surface area contributed by atoms with Gasteiger partial charge >= 0.3 is 5.97 Å². The summed E-state index contributed by atoms with van der Waals surface area (Å²) in [6.07, 6.45) is 3.31. The third-order valence-electron chi connectivity index (χ3n) is 1.50. The number of aromatic nitrogens is 1. The number of ether oxygens (including phenoxy) is 1. The first-order valence-corrected chi connectivity index (χ1v) is 4.36. The lowest BCUT2D eigenvalue weighted by Gasteiger charge is -2.02. The fraction of sp³-hybridized carbons (Fsp3) is 0.333. The fourth-order valence-corrected chi connectivity index (χ4v) is 1.10. The summed E-state index contributed by atoms with van der Waals surface area (Å²) >= 11 is 5.80. The third-order valence-corrected chi connectivity index (χ3v) is 1.84. The number of esters is 1. The second-order valence-electron chi connectivity index (χ2n) is 2.45. The zero-order valence-electron chi connectivity index (χ0n) is 7.29. The zero-order valence-corrected chi connectivity index (χ0v) is 8.04. The van der Waals surface area contributed by atoms with E-state index >= 15 is 0 Å². The van der Waals surface area contributed by atoms with Crippen LogP contribution in [0.25, 0.3) is 0 Å². The molecule has 0 aromatic carbocycles. The predicted octanol–water partition coefficient (Wildman–Crippen LogP) is 1.84. The summed E-state index contributed by atoms with van der Waals surface area (Å²) in [7, 11) is 0. The van der Waals surface area contributed by atoms with E-state index in [9.17, 15) is 4.79 Å². The minimum absolute atomic E-state index is 0.204. The quantitative estimate of drug-likeness (QED) is 0.698. The van der Waals surface area contributed by atoms with E-state index in [1.807, 2.05) is 0 Å². The maximum Gasteiger partial charge on any atom is 0.310 e. The van der Waals surface area contributed by atoms with Crippen LogP contribution in [-0.2, 0) is 16.0 Å². The molecular weight excluding hydrogens is 190 g/mol. The molecule has 0 spiro atoms. The second kappa shape index (κ2) is 4.82. The van der Waals surface area contributed by atoms with Crippen LogP contribution in [0, 0.1) is 0 Å². The second-order valence-corrected chi connectivity index (χ2v) is 2.86. The van der Waals surface area contributed by atoms with Crippen molar-refractivity contribution in [3.8, 4) is 0 Å². The SMILES string of the molecule is CCOC(=O)Cc1ccncc1Cl. The van der Waals surface area contributed by atoms with E-state index in [1.54, 1.807) is 19.2 Å². The van der Waals surface area contributed by atoms with E-state index in [4.69, 9.17) is 16.3 Å². The number of halogens is 1. The van der Waals surface area contributed by atoms with Crippen molar-refractivity contribution in [3.05, 3.63) is 29.0 Å². The van der Waals surface area contributed by atoms with E-state index in [0.717, 1.165) is 5.56 Å². The summed E-state index contributed by atoms with van der Waals surface area (Å²) in [5.41, 5.74) is 0.745. The van der Waals surface area contributed by atoms with Crippen molar-refractivity contribution in [2.24, 2.45) is 0 Å². The van der Waals surface area contributed by atoms with Crippen molar-refractivity contribution in [2.45, 2.75) is 13.3 Å². The van der Waals surface area contributed by atoms with Gasteiger partial charge in [0, 0.05) is 12.4 Å². The highest BCUT2D eigenvalue weighted by atomic mass is 35.5. The molecule has 13 heavy (non-hydrogen) atoms. The average Bonchev–Trinajstić information content (AvgIpc) is 2.09. The Hall–Kier alpha value is -1.09. The average molecular weight is 200 g/mol. The Labute approximate surface area is 81.7 Å². The number of hydrogen-bond acceptors (Lipinski definition) is 3. The fourth-order valence-electron chi connectivity index (χ4n) is 0.915. The number of hydrogen-bond donors (Lipinski definition) is 0. The van der Waals surface area contributed by atoms with E-state index in [-0.39, 0.29) is 12.4 Å². The Morgan fingerprint density at radius 1 is 1.69 bits per heavy atom. The van der Waals surface area contributed by atoms with Gasteiger partial charge in [0.15, 0.2) is 0 Å². The van der Waals surface area contributed by atoms with Gasteiger partial charge in [0.25, 0.3) is 0 Å². The molecule has 0 fully saturated rings. The molecule has 0 aliphatic carbocycles. The lowest BCUT2D eigenvalue weighted by Crippen LogP contribution is -2.07. The summed E-state index contributed by atoms with van der Waals surface area (Å²) in [5.74, 6) is -0.268. The highest BCUT2D eigenvalue weighted by molar-refractivity contribution is 6.31. The first kappa shape index (κ1) is 9.99. The van der Waals surface area contributed by atoms with Crippen LogP contribution in [0.5, 0.6) is 0 Å². The minimum Gasteiger partial charge on any atom is -0.466 e. The zero-order chi connectivity index (χ0) is 9.68. The first-order chi connectivity index (χ1) is 6.24. The Balaban J connectivity index is 2.63. The lowest BCUT2D eigenvalue weighted by molar-refractivity contribution is -0.142. The molecule has 0 amide bonds. The van der Waals surface area contributed by atoms with Gasteiger partial charge < -0.3 is 4.74 Å². The van der Waals surface area contributed by atoms with Crippen LogP contribution in [-0.4, -0.2) is 17.6 Å². The van der Waals surface area contributed by atoms with Gasteiger partial charge in [0.1, 0.15) is 0 Å². The van der Waals surface area contributed by atoms with Crippen LogP contribution in [0.1, 0.15) is 12.5 Å². The van der Waals surface area contributed by atoms with Crippen LogP contribution in [0.15, 0.2) is 18.5 Å². The Kier molecular flexibility index (Phi) is 3.71. The van der Waals surface area contributed by atoms with E-state index in [2.05, 4.69) is 4.98 Å². The number of rotatable bonds is 3. The third kappa shape index (κ3) is 3.03. The molecule has 0 aliphatic rings. The molecule has 0 radical (unpaired) electrons. The molecule has 0 bridgehead atoms. The molecule has 0 saturated heterocycles. The van der Waals surface area contributed by atoms with Gasteiger partial charge in [-0.1, -0.05) is 11.6 Å². The van der Waals surface area contributed by atoms with E-state index in [1.165, 1.54) is 6.20 Å². The van der Waals surface area contributed by atoms with Crippen LogP contribution < -0.4 is 0 Å². The molecule has 1 rings (SSSR count). The summed E-state index contributed by atoms with van der Waals surface area (Å²) in [6.45, 7) is 2.16. The van der Waals surface area contributed by atoms with Gasteiger partial charge in [-0.3, -0.25) is 9.78 Å². The van der Waals surface area contributed by atoms with Crippen molar-refractivity contribution in [2.75, 3.05) is 6.61 Å². The summed E-state index contributed by atoms with van der Waals surface area (Å²) in [5, 5.41) is 0.496. The first-order valence-electron chi connectivity index (χ1n) is 3.98.